The number of para-hydroxylation sites is 1. The molecule has 0 saturated carbocycles. The molecule has 196 valence electrons. The van der Waals surface area contributed by atoms with Gasteiger partial charge in [-0.1, -0.05) is 24.3 Å². The number of hydrazone groups is 1. The predicted octanol–water partition coefficient (Wildman–Crippen LogP) is 2.02. The van der Waals surface area contributed by atoms with Crippen LogP contribution < -0.4 is 25.5 Å². The highest BCUT2D eigenvalue weighted by Crippen LogP contribution is 2.17. The zero-order valence-electron chi connectivity index (χ0n) is 21.1. The zero-order valence-corrected chi connectivity index (χ0v) is 21.1. The molecule has 4 N–H and O–H groups in total. The number of hydrogen-bond donors (Lipinski definition) is 4. The molecule has 2 amide bonds. The number of ether oxygens (including phenoxy) is 2. The van der Waals surface area contributed by atoms with E-state index in [1.54, 1.807) is 36.4 Å². The summed E-state index contributed by atoms with van der Waals surface area (Å²) in [6, 6.07) is 16.4. The summed E-state index contributed by atoms with van der Waals surface area (Å²) >= 11 is 0. The Labute approximate surface area is 216 Å². The third kappa shape index (κ3) is 9.56. The van der Waals surface area contributed by atoms with E-state index in [1.165, 1.54) is 0 Å². The van der Waals surface area contributed by atoms with Gasteiger partial charge in [0.1, 0.15) is 23.8 Å². The molecule has 0 aromatic heterocycles. The quantitative estimate of drug-likeness (QED) is 0.304. The van der Waals surface area contributed by atoms with Gasteiger partial charge in [0, 0.05) is 37.1 Å². The van der Waals surface area contributed by atoms with Gasteiger partial charge in [0.25, 0.3) is 5.91 Å². The van der Waals surface area contributed by atoms with E-state index in [4.69, 9.17) is 14.7 Å². The van der Waals surface area contributed by atoms with Gasteiger partial charge in [0.15, 0.2) is 6.61 Å². The number of carbonyl (C=O) groups is 2. The Hall–Kier alpha value is -3.94. The number of aliphatic hydroxyl groups excluding tert-OH is 1. The molecule has 0 radical (unpaired) electrons. The maximum atomic E-state index is 12.3. The standard InChI is InChI=1S/C27H33N5O5/c1-27(2,30-24(33)13-14-36-23-6-4-3-5-20(23)16-28)18-29-26(35)17-37-22-10-7-19(8-11-22)15-21-9-12-25(34)32-31-21/h3-8,10-11,24,30,33H,9,12-15,17-18H2,1-2H3,(H,29,35)(H,32,34)/t24-/m0/s1. The van der Waals surface area contributed by atoms with Crippen molar-refractivity contribution in [2.24, 2.45) is 5.10 Å². The summed E-state index contributed by atoms with van der Waals surface area (Å²) < 4.78 is 11.2. The second-order valence-electron chi connectivity index (χ2n) is 9.39. The average molecular weight is 508 g/mol. The van der Waals surface area contributed by atoms with E-state index in [0.29, 0.717) is 42.7 Å². The van der Waals surface area contributed by atoms with Gasteiger partial charge in [-0.2, -0.15) is 10.4 Å². The van der Waals surface area contributed by atoms with E-state index in [-0.39, 0.29) is 31.6 Å². The van der Waals surface area contributed by atoms with Crippen LogP contribution in [0.3, 0.4) is 0 Å². The summed E-state index contributed by atoms with van der Waals surface area (Å²) in [5.41, 5.74) is 4.32. The van der Waals surface area contributed by atoms with Crippen molar-refractivity contribution in [3.05, 3.63) is 59.7 Å². The summed E-state index contributed by atoms with van der Waals surface area (Å²) in [7, 11) is 0. The summed E-state index contributed by atoms with van der Waals surface area (Å²) in [5, 5.41) is 29.4. The Balaban J connectivity index is 1.34. The van der Waals surface area contributed by atoms with Crippen molar-refractivity contribution in [1.82, 2.24) is 16.1 Å². The van der Waals surface area contributed by atoms with Crippen LogP contribution in [0.4, 0.5) is 0 Å². The molecule has 0 spiro atoms. The molecule has 3 rings (SSSR count). The molecule has 37 heavy (non-hydrogen) atoms. The lowest BCUT2D eigenvalue weighted by molar-refractivity contribution is -0.123. The lowest BCUT2D eigenvalue weighted by Crippen LogP contribution is -2.53. The van der Waals surface area contributed by atoms with Crippen LogP contribution in [-0.4, -0.2) is 54.2 Å². The molecule has 2 aromatic carbocycles. The first-order valence-electron chi connectivity index (χ1n) is 12.1. The number of amides is 2. The number of nitrogens with one attached hydrogen (secondary N) is 3. The van der Waals surface area contributed by atoms with E-state index in [2.05, 4.69) is 27.2 Å². The fourth-order valence-electron chi connectivity index (χ4n) is 3.64. The fraction of sp³-hybridized carbons (Fsp3) is 0.407. The third-order valence-electron chi connectivity index (χ3n) is 5.62. The monoisotopic (exact) mass is 507 g/mol. The minimum Gasteiger partial charge on any atom is -0.492 e. The van der Waals surface area contributed by atoms with Crippen molar-refractivity contribution in [2.45, 2.75) is 51.3 Å². The number of benzene rings is 2. The summed E-state index contributed by atoms with van der Waals surface area (Å²) in [6.45, 7) is 4.10. The topological polar surface area (TPSA) is 145 Å². The molecule has 1 heterocycles. The number of nitrogens with zero attached hydrogens (tertiary/aromatic N) is 2. The molecule has 0 saturated heterocycles. The van der Waals surface area contributed by atoms with Crippen molar-refractivity contribution >= 4 is 17.5 Å². The number of carbonyl (C=O) groups excluding carboxylic acids is 2. The SMILES string of the molecule is CC(C)(CNC(=O)COc1ccc(CC2=NNC(=O)CC2)cc1)N[C@@H](O)CCOc1ccccc1C#N. The van der Waals surface area contributed by atoms with Crippen LogP contribution in [0.5, 0.6) is 11.5 Å². The molecule has 1 aliphatic heterocycles. The minimum atomic E-state index is -0.855. The minimum absolute atomic E-state index is 0.0644. The second-order valence-corrected chi connectivity index (χ2v) is 9.39. The highest BCUT2D eigenvalue weighted by molar-refractivity contribution is 5.93. The summed E-state index contributed by atoms with van der Waals surface area (Å²) in [6.07, 6.45) is 1.20. The lowest BCUT2D eigenvalue weighted by Gasteiger charge is -2.29. The van der Waals surface area contributed by atoms with Crippen LogP contribution in [-0.2, 0) is 16.0 Å². The Morgan fingerprint density at radius 3 is 2.65 bits per heavy atom. The van der Waals surface area contributed by atoms with Gasteiger partial charge >= 0.3 is 0 Å². The largest absolute Gasteiger partial charge is 0.492 e. The number of hydrogen-bond acceptors (Lipinski definition) is 8. The molecule has 0 aliphatic carbocycles. The van der Waals surface area contributed by atoms with Crippen molar-refractivity contribution in [3.63, 3.8) is 0 Å². The first-order chi connectivity index (χ1) is 17.7. The van der Waals surface area contributed by atoms with Crippen LogP contribution in [0, 0.1) is 11.3 Å². The first-order valence-corrected chi connectivity index (χ1v) is 12.1. The Morgan fingerprint density at radius 2 is 1.95 bits per heavy atom. The van der Waals surface area contributed by atoms with Crippen molar-refractivity contribution in [3.8, 4) is 17.6 Å². The summed E-state index contributed by atoms with van der Waals surface area (Å²) in [5.74, 6) is 0.707. The van der Waals surface area contributed by atoms with Gasteiger partial charge in [-0.05, 0) is 50.1 Å². The number of nitriles is 1. The first kappa shape index (κ1) is 27.6. The molecule has 1 atom stereocenters. The van der Waals surface area contributed by atoms with E-state index in [9.17, 15) is 14.7 Å². The molecule has 0 bridgehead atoms. The average Bonchev–Trinajstić information content (AvgIpc) is 2.88. The normalized spacial score (nSPS) is 14.1. The third-order valence-corrected chi connectivity index (χ3v) is 5.62. The van der Waals surface area contributed by atoms with Crippen molar-refractivity contribution < 1.29 is 24.2 Å². The maximum Gasteiger partial charge on any atom is 0.258 e. The van der Waals surface area contributed by atoms with E-state index in [0.717, 1.165) is 11.3 Å². The zero-order chi connectivity index (χ0) is 26.7. The van der Waals surface area contributed by atoms with Crippen LogP contribution in [0.15, 0.2) is 53.6 Å². The molecule has 1 aliphatic rings. The van der Waals surface area contributed by atoms with Gasteiger partial charge in [0.2, 0.25) is 5.91 Å². The highest BCUT2D eigenvalue weighted by Gasteiger charge is 2.22. The predicted molar refractivity (Wildman–Crippen MR) is 138 cm³/mol. The fourth-order valence-corrected chi connectivity index (χ4v) is 3.64. The van der Waals surface area contributed by atoms with E-state index < -0.39 is 11.8 Å². The molecule has 0 fully saturated rings. The molecule has 0 unspecified atom stereocenters. The Kier molecular flexibility index (Phi) is 10.0. The van der Waals surface area contributed by atoms with E-state index in [1.807, 2.05) is 26.0 Å². The lowest BCUT2D eigenvalue weighted by atomic mass is 10.0. The smallest absolute Gasteiger partial charge is 0.258 e. The van der Waals surface area contributed by atoms with Crippen molar-refractivity contribution in [2.75, 3.05) is 19.8 Å². The second kappa shape index (κ2) is 13.4. The van der Waals surface area contributed by atoms with Gasteiger partial charge in [0.05, 0.1) is 12.2 Å². The highest BCUT2D eigenvalue weighted by atomic mass is 16.5. The Morgan fingerprint density at radius 1 is 1.19 bits per heavy atom. The van der Waals surface area contributed by atoms with Crippen LogP contribution in [0.1, 0.15) is 44.2 Å². The van der Waals surface area contributed by atoms with E-state index >= 15 is 0 Å². The van der Waals surface area contributed by atoms with Gasteiger partial charge < -0.3 is 19.9 Å². The summed E-state index contributed by atoms with van der Waals surface area (Å²) in [4.78, 5) is 23.5. The maximum absolute atomic E-state index is 12.3. The molecule has 10 heteroatoms. The molecular formula is C27H33N5O5. The van der Waals surface area contributed by atoms with Crippen LogP contribution >= 0.6 is 0 Å². The van der Waals surface area contributed by atoms with Gasteiger partial charge in [-0.15, -0.1) is 0 Å². The number of aliphatic hydroxyl groups is 1. The molecular weight excluding hydrogens is 474 g/mol. The molecule has 10 nitrogen and oxygen atoms in total. The van der Waals surface area contributed by atoms with Gasteiger partial charge in [-0.3, -0.25) is 14.9 Å². The van der Waals surface area contributed by atoms with Crippen LogP contribution in [0.2, 0.25) is 0 Å². The number of rotatable bonds is 13. The van der Waals surface area contributed by atoms with Crippen LogP contribution in [0.25, 0.3) is 0 Å². The van der Waals surface area contributed by atoms with Gasteiger partial charge in [-0.25, -0.2) is 5.43 Å². The van der Waals surface area contributed by atoms with Crippen molar-refractivity contribution in [1.29, 1.82) is 5.26 Å². The Bertz CT molecular complexity index is 1140. The molecule has 2 aromatic rings.